The van der Waals surface area contributed by atoms with Gasteiger partial charge in [-0.2, -0.15) is 0 Å². The lowest BCUT2D eigenvalue weighted by Gasteiger charge is -2.01. The van der Waals surface area contributed by atoms with Crippen LogP contribution in [0, 0.1) is 6.92 Å². The summed E-state index contributed by atoms with van der Waals surface area (Å²) in [7, 11) is 0. The molecule has 0 saturated carbocycles. The summed E-state index contributed by atoms with van der Waals surface area (Å²) in [5.74, 6) is -0.0630. The highest BCUT2D eigenvalue weighted by atomic mass is 16.1. The summed E-state index contributed by atoms with van der Waals surface area (Å²) in [6, 6.07) is 15.0. The van der Waals surface area contributed by atoms with E-state index in [1.54, 1.807) is 0 Å². The van der Waals surface area contributed by atoms with Crippen molar-refractivity contribution in [3.63, 3.8) is 0 Å². The van der Waals surface area contributed by atoms with E-state index in [9.17, 15) is 9.59 Å². The molecule has 0 heterocycles. The van der Waals surface area contributed by atoms with E-state index >= 15 is 0 Å². The normalized spacial score (nSPS) is 13.6. The number of aryl methyl sites for hydroxylation is 1. The van der Waals surface area contributed by atoms with Gasteiger partial charge in [0.2, 0.25) is 0 Å². The van der Waals surface area contributed by atoms with E-state index in [-0.39, 0.29) is 5.78 Å². The molecule has 2 heteroatoms. The third-order valence-corrected chi connectivity index (χ3v) is 3.39. The molecule has 0 radical (unpaired) electrons. The highest BCUT2D eigenvalue weighted by Crippen LogP contribution is 2.37. The van der Waals surface area contributed by atoms with Crippen LogP contribution in [0.5, 0.6) is 0 Å². The average molecular weight is 248 g/mol. The molecule has 1 aliphatic rings. The third-order valence-electron chi connectivity index (χ3n) is 3.39. The molecule has 0 bridgehead atoms. The predicted octanol–water partition coefficient (Wildman–Crippen LogP) is 3.30. The maximum Gasteiger partial charge on any atom is 0.195 e. The van der Waals surface area contributed by atoms with Crippen molar-refractivity contribution in [1.29, 1.82) is 0 Å². The summed E-state index contributed by atoms with van der Waals surface area (Å²) in [5.41, 5.74) is 4.18. The minimum atomic E-state index is -0.0630. The number of carbonyl (C=O) groups is 2. The fourth-order valence-electron chi connectivity index (χ4n) is 2.49. The van der Waals surface area contributed by atoms with Gasteiger partial charge in [0.15, 0.2) is 12.1 Å². The molecule has 2 aromatic rings. The number of hydrogen-bond acceptors (Lipinski definition) is 2. The Labute approximate surface area is 111 Å². The van der Waals surface area contributed by atoms with Crippen LogP contribution < -0.4 is 0 Å². The Kier molecular flexibility index (Phi) is 2.64. The van der Waals surface area contributed by atoms with Crippen LogP contribution in [0.2, 0.25) is 0 Å². The lowest BCUT2D eigenvalue weighted by molar-refractivity contribution is -0.103. The summed E-state index contributed by atoms with van der Waals surface area (Å²) in [4.78, 5) is 23.9. The molecule has 0 spiro atoms. The lowest BCUT2D eigenvalue weighted by atomic mass is 10.0. The summed E-state index contributed by atoms with van der Waals surface area (Å²) < 4.78 is 0. The molecule has 0 saturated heterocycles. The largest absolute Gasteiger partial charge is 0.298 e. The molecule has 0 atom stereocenters. The predicted molar refractivity (Wildman–Crippen MR) is 74.8 cm³/mol. The summed E-state index contributed by atoms with van der Waals surface area (Å²) in [6.45, 7) is 1.94. The minimum Gasteiger partial charge on any atom is -0.298 e. The molecular formula is C17H12O2. The van der Waals surface area contributed by atoms with Crippen LogP contribution in [0.3, 0.4) is 0 Å². The van der Waals surface area contributed by atoms with Crippen molar-refractivity contribution in [2.75, 3.05) is 0 Å². The quantitative estimate of drug-likeness (QED) is 0.764. The van der Waals surface area contributed by atoms with Crippen molar-refractivity contribution in [1.82, 2.24) is 0 Å². The monoisotopic (exact) mass is 248 g/mol. The van der Waals surface area contributed by atoms with E-state index in [0.717, 1.165) is 23.0 Å². The zero-order valence-corrected chi connectivity index (χ0v) is 10.5. The number of fused-ring (bicyclic) bond motifs is 1. The third kappa shape index (κ3) is 1.73. The van der Waals surface area contributed by atoms with E-state index in [0.29, 0.717) is 16.7 Å². The number of benzene rings is 2. The Morgan fingerprint density at radius 2 is 1.68 bits per heavy atom. The number of carbonyl (C=O) groups excluding carboxylic acids is 2. The molecule has 92 valence electrons. The number of hydrogen-bond donors (Lipinski definition) is 0. The van der Waals surface area contributed by atoms with Crippen molar-refractivity contribution in [2.45, 2.75) is 6.92 Å². The van der Waals surface area contributed by atoms with Crippen molar-refractivity contribution in [3.8, 4) is 0 Å². The Morgan fingerprint density at radius 3 is 2.37 bits per heavy atom. The van der Waals surface area contributed by atoms with Crippen molar-refractivity contribution >= 4 is 23.2 Å². The molecule has 0 unspecified atom stereocenters. The Morgan fingerprint density at radius 1 is 0.947 bits per heavy atom. The molecule has 3 rings (SSSR count). The summed E-state index contributed by atoms with van der Waals surface area (Å²) in [5, 5.41) is 0. The highest BCUT2D eigenvalue weighted by Gasteiger charge is 2.30. The van der Waals surface area contributed by atoms with Crippen LogP contribution >= 0.6 is 0 Å². The second-order valence-corrected chi connectivity index (χ2v) is 4.65. The van der Waals surface area contributed by atoms with Gasteiger partial charge < -0.3 is 0 Å². The number of ketones is 1. The average Bonchev–Trinajstić information content (AvgIpc) is 2.72. The molecule has 0 aromatic heterocycles. The van der Waals surface area contributed by atoms with Gasteiger partial charge in [-0.05, 0) is 24.1 Å². The van der Waals surface area contributed by atoms with Gasteiger partial charge >= 0.3 is 0 Å². The lowest BCUT2D eigenvalue weighted by Crippen LogP contribution is -1.98. The zero-order valence-electron chi connectivity index (χ0n) is 10.5. The van der Waals surface area contributed by atoms with Gasteiger partial charge in [-0.15, -0.1) is 0 Å². The second kappa shape index (κ2) is 4.32. The zero-order chi connectivity index (χ0) is 13.4. The van der Waals surface area contributed by atoms with E-state index in [1.807, 2.05) is 55.5 Å². The molecule has 1 aliphatic carbocycles. The number of rotatable bonds is 2. The SMILES string of the molecule is Cc1ccc2c(c1)C(=O)C(c1ccccc1)=C2C=O. The van der Waals surface area contributed by atoms with Gasteiger partial charge in [0.25, 0.3) is 0 Å². The van der Waals surface area contributed by atoms with Crippen LogP contribution in [-0.4, -0.2) is 12.1 Å². The first-order chi connectivity index (χ1) is 9.22. The van der Waals surface area contributed by atoms with Crippen LogP contribution in [-0.2, 0) is 4.79 Å². The molecule has 0 aliphatic heterocycles. The van der Waals surface area contributed by atoms with Gasteiger partial charge in [0.05, 0.1) is 0 Å². The Balaban J connectivity index is 2.26. The highest BCUT2D eigenvalue weighted by molar-refractivity contribution is 6.46. The van der Waals surface area contributed by atoms with Crippen molar-refractivity contribution in [3.05, 3.63) is 70.8 Å². The van der Waals surface area contributed by atoms with Crippen molar-refractivity contribution < 1.29 is 9.59 Å². The number of Topliss-reactive ketones (excluding diaryl/α,β-unsaturated/α-hetero) is 1. The van der Waals surface area contributed by atoms with E-state index in [2.05, 4.69) is 0 Å². The number of allylic oxidation sites excluding steroid dienone is 2. The molecule has 2 nitrogen and oxygen atoms in total. The minimum absolute atomic E-state index is 0.0630. The topological polar surface area (TPSA) is 34.1 Å². The smallest absolute Gasteiger partial charge is 0.195 e. The van der Waals surface area contributed by atoms with Crippen LogP contribution in [0.25, 0.3) is 11.1 Å². The van der Waals surface area contributed by atoms with Gasteiger partial charge in [0.1, 0.15) is 0 Å². The van der Waals surface area contributed by atoms with Crippen molar-refractivity contribution in [2.24, 2.45) is 0 Å². The summed E-state index contributed by atoms with van der Waals surface area (Å²) >= 11 is 0. The van der Waals surface area contributed by atoms with Gasteiger partial charge in [0, 0.05) is 16.7 Å². The van der Waals surface area contributed by atoms with Crippen LogP contribution in [0.1, 0.15) is 27.0 Å². The molecule has 19 heavy (non-hydrogen) atoms. The molecule has 0 N–H and O–H groups in total. The van der Waals surface area contributed by atoms with Gasteiger partial charge in [-0.1, -0.05) is 48.0 Å². The van der Waals surface area contributed by atoms with Crippen LogP contribution in [0.15, 0.2) is 48.5 Å². The fourth-order valence-corrected chi connectivity index (χ4v) is 2.49. The fraction of sp³-hybridized carbons (Fsp3) is 0.0588. The van der Waals surface area contributed by atoms with Gasteiger partial charge in [-0.25, -0.2) is 0 Å². The van der Waals surface area contributed by atoms with E-state index < -0.39 is 0 Å². The van der Waals surface area contributed by atoms with Crippen LogP contribution in [0.4, 0.5) is 0 Å². The maximum atomic E-state index is 12.5. The molecule has 2 aromatic carbocycles. The van der Waals surface area contributed by atoms with E-state index in [1.165, 1.54) is 0 Å². The Bertz CT molecular complexity index is 709. The second-order valence-electron chi connectivity index (χ2n) is 4.65. The van der Waals surface area contributed by atoms with Gasteiger partial charge in [-0.3, -0.25) is 9.59 Å². The standard InChI is InChI=1S/C17H12O2/c1-11-7-8-13-14(9-11)17(19)16(15(13)10-18)12-5-3-2-4-6-12/h2-10H,1H3. The summed E-state index contributed by atoms with van der Waals surface area (Å²) in [6.07, 6.45) is 0.779. The molecule has 0 amide bonds. The first kappa shape index (κ1) is 11.6. The number of aldehydes is 1. The Hall–Kier alpha value is -2.48. The first-order valence-corrected chi connectivity index (χ1v) is 6.13. The molecule has 0 fully saturated rings. The first-order valence-electron chi connectivity index (χ1n) is 6.13. The maximum absolute atomic E-state index is 12.5. The van der Waals surface area contributed by atoms with E-state index in [4.69, 9.17) is 0 Å². The molecular weight excluding hydrogens is 236 g/mol.